The number of likely N-dealkylation sites (tertiary alicyclic amines) is 1. The number of para-hydroxylation sites is 1. The first-order valence-electron chi connectivity index (χ1n) is 7.02. The monoisotopic (exact) mass is 262 g/mol. The van der Waals surface area contributed by atoms with Gasteiger partial charge < -0.3 is 15.0 Å². The van der Waals surface area contributed by atoms with Crippen LogP contribution in [0.5, 0.6) is 5.75 Å². The van der Waals surface area contributed by atoms with Crippen molar-refractivity contribution in [1.82, 2.24) is 10.2 Å². The predicted octanol–water partition coefficient (Wildman–Crippen LogP) is 1.67. The van der Waals surface area contributed by atoms with Crippen LogP contribution in [0.3, 0.4) is 0 Å². The molecule has 4 nitrogen and oxygen atoms in total. The molecule has 4 heteroatoms. The van der Waals surface area contributed by atoms with Crippen LogP contribution < -0.4 is 10.1 Å². The maximum absolute atomic E-state index is 11.8. The van der Waals surface area contributed by atoms with Crippen molar-refractivity contribution in [2.45, 2.75) is 19.3 Å². The van der Waals surface area contributed by atoms with Gasteiger partial charge in [0.15, 0.2) is 0 Å². The first-order chi connectivity index (χ1) is 9.36. The zero-order valence-electron chi connectivity index (χ0n) is 11.3. The lowest BCUT2D eigenvalue weighted by Crippen LogP contribution is -2.31. The van der Waals surface area contributed by atoms with Crippen LogP contribution >= 0.6 is 0 Å². The first kappa shape index (κ1) is 13.9. The molecule has 0 spiro atoms. The summed E-state index contributed by atoms with van der Waals surface area (Å²) in [4.78, 5) is 13.7. The molecule has 1 aromatic carbocycles. The van der Waals surface area contributed by atoms with Crippen LogP contribution in [0.25, 0.3) is 0 Å². The SMILES string of the molecule is O=C(CCNCCOc1ccccc1)N1CCCC1. The van der Waals surface area contributed by atoms with Crippen LogP contribution in [-0.4, -0.2) is 43.6 Å². The van der Waals surface area contributed by atoms with Crippen molar-refractivity contribution in [1.29, 1.82) is 0 Å². The van der Waals surface area contributed by atoms with Crippen molar-refractivity contribution >= 4 is 5.91 Å². The average molecular weight is 262 g/mol. The maximum Gasteiger partial charge on any atom is 0.223 e. The molecule has 19 heavy (non-hydrogen) atoms. The van der Waals surface area contributed by atoms with E-state index in [4.69, 9.17) is 4.74 Å². The standard InChI is InChI=1S/C15H22N2O2/c18-15(17-11-4-5-12-17)8-9-16-10-13-19-14-6-2-1-3-7-14/h1-3,6-7,16H,4-5,8-13H2. The number of hydrogen-bond acceptors (Lipinski definition) is 3. The number of carbonyl (C=O) groups is 1. The van der Waals surface area contributed by atoms with E-state index in [1.165, 1.54) is 0 Å². The maximum atomic E-state index is 11.8. The van der Waals surface area contributed by atoms with Crippen LogP contribution in [0, 0.1) is 0 Å². The Kier molecular flexibility index (Phi) is 5.69. The van der Waals surface area contributed by atoms with E-state index in [0.29, 0.717) is 13.0 Å². The fourth-order valence-electron chi connectivity index (χ4n) is 2.20. The van der Waals surface area contributed by atoms with Gasteiger partial charge in [-0.3, -0.25) is 4.79 Å². The van der Waals surface area contributed by atoms with Crippen LogP contribution in [0.1, 0.15) is 19.3 Å². The Morgan fingerprint density at radius 3 is 2.63 bits per heavy atom. The van der Waals surface area contributed by atoms with Crippen LogP contribution in [-0.2, 0) is 4.79 Å². The lowest BCUT2D eigenvalue weighted by Gasteiger charge is -2.15. The molecule has 1 aliphatic heterocycles. The number of nitrogens with one attached hydrogen (secondary N) is 1. The highest BCUT2D eigenvalue weighted by Crippen LogP contribution is 2.08. The zero-order chi connectivity index (χ0) is 13.3. The Hall–Kier alpha value is -1.55. The van der Waals surface area contributed by atoms with E-state index in [1.807, 2.05) is 35.2 Å². The summed E-state index contributed by atoms with van der Waals surface area (Å²) in [6.45, 7) is 4.00. The van der Waals surface area contributed by atoms with Gasteiger partial charge in [0.05, 0.1) is 0 Å². The molecule has 1 aromatic rings. The molecule has 1 heterocycles. The van der Waals surface area contributed by atoms with E-state index in [2.05, 4.69) is 5.32 Å². The molecule has 2 rings (SSSR count). The second-order valence-corrected chi connectivity index (χ2v) is 4.75. The summed E-state index contributed by atoms with van der Waals surface area (Å²) in [5.74, 6) is 1.16. The van der Waals surface area contributed by atoms with E-state index in [0.717, 1.165) is 44.8 Å². The average Bonchev–Trinajstić information content (AvgIpc) is 2.98. The molecule has 104 valence electrons. The first-order valence-corrected chi connectivity index (χ1v) is 7.02. The fraction of sp³-hybridized carbons (Fsp3) is 0.533. The summed E-state index contributed by atoms with van der Waals surface area (Å²) < 4.78 is 5.55. The molecule has 0 unspecified atom stereocenters. The molecular weight excluding hydrogens is 240 g/mol. The largest absolute Gasteiger partial charge is 0.492 e. The Morgan fingerprint density at radius 2 is 1.89 bits per heavy atom. The minimum atomic E-state index is 0.272. The topological polar surface area (TPSA) is 41.6 Å². The van der Waals surface area contributed by atoms with E-state index in [9.17, 15) is 4.79 Å². The lowest BCUT2D eigenvalue weighted by molar-refractivity contribution is -0.130. The molecule has 0 saturated carbocycles. The molecule has 0 atom stereocenters. The number of carbonyl (C=O) groups excluding carboxylic acids is 1. The Bertz CT molecular complexity index is 375. The summed E-state index contributed by atoms with van der Waals surface area (Å²) >= 11 is 0. The van der Waals surface area contributed by atoms with Crippen molar-refractivity contribution < 1.29 is 9.53 Å². The predicted molar refractivity (Wildman–Crippen MR) is 75.2 cm³/mol. The number of nitrogens with zero attached hydrogens (tertiary/aromatic N) is 1. The van der Waals surface area contributed by atoms with Gasteiger partial charge in [-0.15, -0.1) is 0 Å². The van der Waals surface area contributed by atoms with E-state index in [1.54, 1.807) is 0 Å². The molecule has 1 amide bonds. The second kappa shape index (κ2) is 7.79. The highest BCUT2D eigenvalue weighted by Gasteiger charge is 2.16. The van der Waals surface area contributed by atoms with Crippen molar-refractivity contribution in [3.8, 4) is 5.75 Å². The smallest absolute Gasteiger partial charge is 0.223 e. The number of amides is 1. The number of hydrogen-bond donors (Lipinski definition) is 1. The molecule has 1 aliphatic rings. The Labute approximate surface area is 114 Å². The lowest BCUT2D eigenvalue weighted by atomic mass is 10.3. The summed E-state index contributed by atoms with van der Waals surface area (Å²) in [5, 5.41) is 3.24. The molecule has 1 fully saturated rings. The van der Waals surface area contributed by atoms with Gasteiger partial charge in [-0.2, -0.15) is 0 Å². The number of benzene rings is 1. The van der Waals surface area contributed by atoms with Gasteiger partial charge in [-0.1, -0.05) is 18.2 Å². The summed E-state index contributed by atoms with van der Waals surface area (Å²) in [6, 6.07) is 9.76. The summed E-state index contributed by atoms with van der Waals surface area (Å²) in [7, 11) is 0. The van der Waals surface area contributed by atoms with Crippen molar-refractivity contribution in [3.05, 3.63) is 30.3 Å². The van der Waals surface area contributed by atoms with Crippen molar-refractivity contribution in [3.63, 3.8) is 0 Å². The normalized spacial score (nSPS) is 14.6. The van der Waals surface area contributed by atoms with Crippen LogP contribution in [0.2, 0.25) is 0 Å². The van der Waals surface area contributed by atoms with Gasteiger partial charge >= 0.3 is 0 Å². The van der Waals surface area contributed by atoms with Gasteiger partial charge in [0.1, 0.15) is 12.4 Å². The van der Waals surface area contributed by atoms with Crippen molar-refractivity contribution in [2.75, 3.05) is 32.8 Å². The second-order valence-electron chi connectivity index (χ2n) is 4.75. The molecule has 0 radical (unpaired) electrons. The van der Waals surface area contributed by atoms with E-state index in [-0.39, 0.29) is 5.91 Å². The molecule has 0 aliphatic carbocycles. The highest BCUT2D eigenvalue weighted by molar-refractivity contribution is 5.76. The molecule has 0 bridgehead atoms. The molecule has 0 aromatic heterocycles. The van der Waals surface area contributed by atoms with Crippen LogP contribution in [0.4, 0.5) is 0 Å². The van der Waals surface area contributed by atoms with Gasteiger partial charge in [0.25, 0.3) is 0 Å². The highest BCUT2D eigenvalue weighted by atomic mass is 16.5. The van der Waals surface area contributed by atoms with E-state index < -0.39 is 0 Å². The third kappa shape index (κ3) is 4.91. The quantitative estimate of drug-likeness (QED) is 0.760. The molecule has 1 N–H and O–H groups in total. The van der Waals surface area contributed by atoms with Gasteiger partial charge in [-0.05, 0) is 25.0 Å². The minimum absolute atomic E-state index is 0.272. The zero-order valence-corrected chi connectivity index (χ0v) is 11.3. The number of rotatable bonds is 7. The van der Waals surface area contributed by atoms with Gasteiger partial charge in [-0.25, -0.2) is 0 Å². The molecular formula is C15H22N2O2. The summed E-state index contributed by atoms with van der Waals surface area (Å²) in [5.41, 5.74) is 0. The minimum Gasteiger partial charge on any atom is -0.492 e. The third-order valence-corrected chi connectivity index (χ3v) is 3.27. The van der Waals surface area contributed by atoms with E-state index >= 15 is 0 Å². The van der Waals surface area contributed by atoms with Crippen LogP contribution in [0.15, 0.2) is 30.3 Å². The Morgan fingerprint density at radius 1 is 1.16 bits per heavy atom. The van der Waals surface area contributed by atoms with Crippen molar-refractivity contribution in [2.24, 2.45) is 0 Å². The Balaban J connectivity index is 1.49. The molecule has 1 saturated heterocycles. The van der Waals surface area contributed by atoms with Gasteiger partial charge in [0.2, 0.25) is 5.91 Å². The third-order valence-electron chi connectivity index (χ3n) is 3.27. The fourth-order valence-corrected chi connectivity index (χ4v) is 2.20. The number of ether oxygens (including phenoxy) is 1. The van der Waals surface area contributed by atoms with Gasteiger partial charge in [0, 0.05) is 32.6 Å². The summed E-state index contributed by atoms with van der Waals surface area (Å²) in [6.07, 6.45) is 2.90.